The summed E-state index contributed by atoms with van der Waals surface area (Å²) in [5.41, 5.74) is 5.83. The average molecular weight is 292 g/mol. The van der Waals surface area contributed by atoms with E-state index >= 15 is 0 Å². The van der Waals surface area contributed by atoms with Crippen LogP contribution in [0.4, 0.5) is 0 Å². The van der Waals surface area contributed by atoms with Gasteiger partial charge >= 0.3 is 0 Å². The number of guanidine groups is 1. The number of amides is 1. The minimum Gasteiger partial charge on any atom is -0.467 e. The molecule has 1 aromatic rings. The lowest BCUT2D eigenvalue weighted by molar-refractivity contribution is -0.119. The third kappa shape index (κ3) is 5.89. The molecule has 0 bridgehead atoms. The fourth-order valence-corrected chi connectivity index (χ4v) is 2.49. The van der Waals surface area contributed by atoms with Crippen molar-refractivity contribution < 1.29 is 9.21 Å². The van der Waals surface area contributed by atoms with Crippen molar-refractivity contribution in [2.24, 2.45) is 10.7 Å². The number of aliphatic imine (C=N–C) groups is 1. The van der Waals surface area contributed by atoms with E-state index in [1.807, 2.05) is 6.07 Å². The minimum atomic E-state index is -0.169. The molecule has 0 radical (unpaired) electrons. The zero-order valence-corrected chi connectivity index (χ0v) is 12.3. The standard InChI is InChI=1S/C15H24N4O2/c16-15(19-12-6-3-1-2-4-7-12)18-11-14(20)17-10-13-8-5-9-21-13/h5,8-9,12H,1-4,6-7,10-11H2,(H,17,20)(H3,16,18,19). The van der Waals surface area contributed by atoms with Gasteiger partial charge in [-0.2, -0.15) is 0 Å². The van der Waals surface area contributed by atoms with Gasteiger partial charge in [0, 0.05) is 6.04 Å². The Labute approximate surface area is 125 Å². The molecule has 116 valence electrons. The van der Waals surface area contributed by atoms with Gasteiger partial charge in [0.15, 0.2) is 5.96 Å². The molecule has 6 heteroatoms. The van der Waals surface area contributed by atoms with Crippen LogP contribution < -0.4 is 16.4 Å². The average Bonchev–Trinajstić information content (AvgIpc) is 2.87. The van der Waals surface area contributed by atoms with E-state index < -0.39 is 0 Å². The van der Waals surface area contributed by atoms with Crippen LogP contribution in [0, 0.1) is 0 Å². The Kier molecular flexibility index (Phi) is 6.12. The van der Waals surface area contributed by atoms with Crippen molar-refractivity contribution in [2.45, 2.75) is 51.1 Å². The van der Waals surface area contributed by atoms with E-state index in [-0.39, 0.29) is 12.5 Å². The predicted molar refractivity (Wildman–Crippen MR) is 81.7 cm³/mol. The highest BCUT2D eigenvalue weighted by Crippen LogP contribution is 2.16. The maximum absolute atomic E-state index is 11.6. The Bertz CT molecular complexity index is 448. The lowest BCUT2D eigenvalue weighted by Crippen LogP contribution is -2.40. The maximum Gasteiger partial charge on any atom is 0.242 e. The van der Waals surface area contributed by atoms with Crippen LogP contribution in [-0.2, 0) is 11.3 Å². The number of rotatable bonds is 5. The number of furan rings is 1. The molecule has 1 amide bonds. The molecule has 2 rings (SSSR count). The topological polar surface area (TPSA) is 92.6 Å². The highest BCUT2D eigenvalue weighted by molar-refractivity contribution is 5.84. The van der Waals surface area contributed by atoms with Crippen LogP contribution in [0.3, 0.4) is 0 Å². The number of carbonyl (C=O) groups is 1. The Morgan fingerprint density at radius 3 is 2.76 bits per heavy atom. The van der Waals surface area contributed by atoms with Crippen LogP contribution >= 0.6 is 0 Å². The van der Waals surface area contributed by atoms with E-state index in [1.165, 1.54) is 25.7 Å². The molecule has 1 saturated carbocycles. The van der Waals surface area contributed by atoms with Gasteiger partial charge in [-0.3, -0.25) is 4.79 Å². The van der Waals surface area contributed by atoms with E-state index in [0.29, 0.717) is 18.5 Å². The zero-order chi connectivity index (χ0) is 14.9. The van der Waals surface area contributed by atoms with Crippen LogP contribution in [0.2, 0.25) is 0 Å². The highest BCUT2D eigenvalue weighted by atomic mass is 16.3. The summed E-state index contributed by atoms with van der Waals surface area (Å²) in [4.78, 5) is 15.7. The van der Waals surface area contributed by atoms with Gasteiger partial charge in [-0.15, -0.1) is 0 Å². The quantitative estimate of drug-likeness (QED) is 0.436. The maximum atomic E-state index is 11.6. The van der Waals surface area contributed by atoms with Crippen LogP contribution in [0.25, 0.3) is 0 Å². The SMILES string of the molecule is NC(=NCC(=O)NCc1ccco1)NC1CCCCCC1. The third-order valence-electron chi connectivity index (χ3n) is 3.64. The van der Waals surface area contributed by atoms with E-state index in [1.54, 1.807) is 12.3 Å². The smallest absolute Gasteiger partial charge is 0.242 e. The molecule has 1 heterocycles. The molecule has 0 saturated heterocycles. The molecule has 4 N–H and O–H groups in total. The number of nitrogens with one attached hydrogen (secondary N) is 2. The second kappa shape index (κ2) is 8.34. The van der Waals surface area contributed by atoms with Gasteiger partial charge in [-0.25, -0.2) is 4.99 Å². The van der Waals surface area contributed by atoms with Crippen molar-refractivity contribution in [3.63, 3.8) is 0 Å². The van der Waals surface area contributed by atoms with Gasteiger partial charge in [0.05, 0.1) is 12.8 Å². The summed E-state index contributed by atoms with van der Waals surface area (Å²) >= 11 is 0. The summed E-state index contributed by atoms with van der Waals surface area (Å²) in [5, 5.41) is 5.94. The normalized spacial score (nSPS) is 17.2. The summed E-state index contributed by atoms with van der Waals surface area (Å²) in [6.45, 7) is 0.406. The first-order chi connectivity index (χ1) is 10.2. The number of hydrogen-bond donors (Lipinski definition) is 3. The van der Waals surface area contributed by atoms with Crippen molar-refractivity contribution >= 4 is 11.9 Å². The van der Waals surface area contributed by atoms with E-state index in [2.05, 4.69) is 15.6 Å². The molecular weight excluding hydrogens is 268 g/mol. The first kappa shape index (κ1) is 15.4. The summed E-state index contributed by atoms with van der Waals surface area (Å²) in [6.07, 6.45) is 8.88. The summed E-state index contributed by atoms with van der Waals surface area (Å²) < 4.78 is 5.13. The van der Waals surface area contributed by atoms with Crippen molar-refractivity contribution in [2.75, 3.05) is 6.54 Å². The van der Waals surface area contributed by atoms with E-state index in [9.17, 15) is 4.79 Å². The molecule has 0 aromatic carbocycles. The minimum absolute atomic E-state index is 0.0340. The fraction of sp³-hybridized carbons (Fsp3) is 0.600. The second-order valence-electron chi connectivity index (χ2n) is 5.39. The number of carbonyl (C=O) groups excluding carboxylic acids is 1. The molecular formula is C15H24N4O2. The van der Waals surface area contributed by atoms with Crippen LogP contribution in [0.1, 0.15) is 44.3 Å². The van der Waals surface area contributed by atoms with Crippen molar-refractivity contribution in [1.29, 1.82) is 0 Å². The van der Waals surface area contributed by atoms with Crippen LogP contribution in [0.5, 0.6) is 0 Å². The summed E-state index contributed by atoms with van der Waals surface area (Å²) in [5.74, 6) is 0.906. The molecule has 1 aromatic heterocycles. The molecule has 1 aliphatic carbocycles. The largest absolute Gasteiger partial charge is 0.467 e. The second-order valence-corrected chi connectivity index (χ2v) is 5.39. The Morgan fingerprint density at radius 2 is 2.10 bits per heavy atom. The lowest BCUT2D eigenvalue weighted by atomic mass is 10.1. The van der Waals surface area contributed by atoms with Gasteiger partial charge in [0.25, 0.3) is 0 Å². The first-order valence-electron chi connectivity index (χ1n) is 7.59. The molecule has 1 aliphatic rings. The predicted octanol–water partition coefficient (Wildman–Crippen LogP) is 1.52. The summed E-state index contributed by atoms with van der Waals surface area (Å²) in [6, 6.07) is 3.99. The number of nitrogens with two attached hydrogens (primary N) is 1. The molecule has 1 fully saturated rings. The van der Waals surface area contributed by atoms with Gasteiger partial charge in [0.1, 0.15) is 12.3 Å². The van der Waals surface area contributed by atoms with Crippen LogP contribution in [-0.4, -0.2) is 24.5 Å². The highest BCUT2D eigenvalue weighted by Gasteiger charge is 2.12. The van der Waals surface area contributed by atoms with Crippen molar-refractivity contribution in [1.82, 2.24) is 10.6 Å². The Balaban J connectivity index is 1.67. The molecule has 21 heavy (non-hydrogen) atoms. The van der Waals surface area contributed by atoms with E-state index in [0.717, 1.165) is 18.6 Å². The number of nitrogens with zero attached hydrogens (tertiary/aromatic N) is 1. The van der Waals surface area contributed by atoms with Gasteiger partial charge < -0.3 is 20.8 Å². The zero-order valence-electron chi connectivity index (χ0n) is 12.3. The van der Waals surface area contributed by atoms with Crippen molar-refractivity contribution in [3.8, 4) is 0 Å². The van der Waals surface area contributed by atoms with E-state index in [4.69, 9.17) is 10.2 Å². The Morgan fingerprint density at radius 1 is 1.33 bits per heavy atom. The molecule has 0 unspecified atom stereocenters. The molecule has 0 aliphatic heterocycles. The van der Waals surface area contributed by atoms with Gasteiger partial charge in [-0.05, 0) is 25.0 Å². The van der Waals surface area contributed by atoms with Gasteiger partial charge in [0.2, 0.25) is 5.91 Å². The molecule has 6 nitrogen and oxygen atoms in total. The van der Waals surface area contributed by atoms with Gasteiger partial charge in [-0.1, -0.05) is 25.7 Å². The molecule has 0 atom stereocenters. The first-order valence-corrected chi connectivity index (χ1v) is 7.59. The van der Waals surface area contributed by atoms with Crippen LogP contribution in [0.15, 0.2) is 27.8 Å². The fourth-order valence-electron chi connectivity index (χ4n) is 2.49. The molecule has 0 spiro atoms. The Hall–Kier alpha value is -1.98. The lowest BCUT2D eigenvalue weighted by Gasteiger charge is -2.16. The number of hydrogen-bond acceptors (Lipinski definition) is 3. The van der Waals surface area contributed by atoms with Crippen molar-refractivity contribution in [3.05, 3.63) is 24.2 Å². The summed E-state index contributed by atoms with van der Waals surface area (Å²) in [7, 11) is 0. The monoisotopic (exact) mass is 292 g/mol. The third-order valence-corrected chi connectivity index (χ3v) is 3.64.